The van der Waals surface area contributed by atoms with E-state index in [4.69, 9.17) is 70.8 Å². The van der Waals surface area contributed by atoms with Crippen LogP contribution < -0.4 is 0 Å². The fourth-order valence-electron chi connectivity index (χ4n) is 8.78. The van der Waals surface area contributed by atoms with Crippen LogP contribution in [0.25, 0.3) is 0 Å². The summed E-state index contributed by atoms with van der Waals surface area (Å²) in [5, 5.41) is 177. The average molecular weight is 1340 g/mol. The van der Waals surface area contributed by atoms with Crippen molar-refractivity contribution in [3.8, 4) is 0 Å². The topological polar surface area (TPSA) is 727 Å². The van der Waals surface area contributed by atoms with Gasteiger partial charge < -0.3 is 106 Å². The second-order valence-electron chi connectivity index (χ2n) is 18.2. The normalized spacial score (nSPS) is 10.9. The van der Waals surface area contributed by atoms with Crippen molar-refractivity contribution in [2.75, 3.05) is 13.2 Å². The number of benzene rings is 5. The van der Waals surface area contributed by atoms with Crippen molar-refractivity contribution in [3.63, 3.8) is 0 Å². The lowest BCUT2D eigenvalue weighted by Gasteiger charge is -2.33. The van der Waals surface area contributed by atoms with E-state index in [0.29, 0.717) is 11.1 Å². The Labute approximate surface area is 519 Å². The molecule has 0 bridgehead atoms. The molecule has 0 aromatic heterocycles. The standard InChI is InChI=1S/C31H26O16.2C12H6O12/c1-13-3-7-15(8-4-13)31(46-12-17(33)11-32,16-9-5-14(2)6-10-16)30(45)47-29(44)23-21(27(40)41)19(25(36)37)18(24(34)35)20(26(38)39)22(23)28(42)43;2*13-7(14)1-2(8(15)16)4(10(19)20)6(12(23)24)5(11(21)22)3(1)9(17)18/h3-10,17,32-33H,11-12H2,1-2H3,(H,34,35)(H,36,37)(H,38,39)(H,40,41)(H,42,43);2*(H,13,14)(H,15,16)(H,17,18)(H,19,20)(H,21,22)(H,23,24). The summed E-state index contributed by atoms with van der Waals surface area (Å²) in [6.07, 6.45) is -1.59. The fourth-order valence-corrected chi connectivity index (χ4v) is 8.78. The highest BCUT2D eigenvalue weighted by molar-refractivity contribution is 6.26. The average Bonchev–Trinajstić information content (AvgIpc) is 0.757. The summed E-state index contributed by atoms with van der Waals surface area (Å²) in [5.41, 5.74) is -31.8. The van der Waals surface area contributed by atoms with Gasteiger partial charge in [-0.2, -0.15) is 0 Å². The zero-order valence-corrected chi connectivity index (χ0v) is 46.7. The summed E-state index contributed by atoms with van der Waals surface area (Å²) in [6, 6.07) is 11.5. The van der Waals surface area contributed by atoms with Crippen molar-refractivity contribution in [1.82, 2.24) is 0 Å². The molecule has 5 aromatic carbocycles. The molecule has 0 aliphatic heterocycles. The van der Waals surface area contributed by atoms with Gasteiger partial charge in [0.2, 0.25) is 5.60 Å². The van der Waals surface area contributed by atoms with Crippen LogP contribution in [-0.4, -0.2) is 230 Å². The molecule has 1 atom stereocenters. The molecule has 1 unspecified atom stereocenters. The molecule has 498 valence electrons. The minimum absolute atomic E-state index is 0.0505. The van der Waals surface area contributed by atoms with Crippen molar-refractivity contribution in [3.05, 3.63) is 171 Å². The lowest BCUT2D eigenvalue weighted by molar-refractivity contribution is -0.166. The van der Waals surface area contributed by atoms with Crippen molar-refractivity contribution in [1.29, 1.82) is 0 Å². The number of esters is 2. The first kappa shape index (κ1) is 75.4. The summed E-state index contributed by atoms with van der Waals surface area (Å²) in [7, 11) is 0. The number of rotatable bonds is 25. The third-order valence-corrected chi connectivity index (χ3v) is 12.4. The lowest BCUT2D eigenvalue weighted by Crippen LogP contribution is -2.44. The van der Waals surface area contributed by atoms with Gasteiger partial charge >= 0.3 is 113 Å². The van der Waals surface area contributed by atoms with E-state index in [1.165, 1.54) is 48.5 Å². The highest BCUT2D eigenvalue weighted by Gasteiger charge is 2.49. The molecule has 0 heterocycles. The number of carboxylic acids is 17. The van der Waals surface area contributed by atoms with Crippen molar-refractivity contribution in [2.24, 2.45) is 0 Å². The van der Waals surface area contributed by atoms with Gasteiger partial charge in [0.25, 0.3) is 0 Å². The Kier molecular flexibility index (Phi) is 23.5. The number of carboxylic acid groups (broad SMARTS) is 17. The van der Waals surface area contributed by atoms with E-state index in [2.05, 4.69) is 0 Å². The number of aliphatic hydroxyl groups is 2. The highest BCUT2D eigenvalue weighted by Crippen LogP contribution is 2.39. The number of ether oxygens (including phenoxy) is 2. The largest absolute Gasteiger partial charge is 0.478 e. The predicted molar refractivity (Wildman–Crippen MR) is 290 cm³/mol. The second-order valence-corrected chi connectivity index (χ2v) is 18.2. The number of aryl methyl sites for hydroxylation is 2. The quantitative estimate of drug-likeness (QED) is 0.0291. The first-order valence-corrected chi connectivity index (χ1v) is 24.4. The maximum absolute atomic E-state index is 14.2. The maximum atomic E-state index is 14.2. The van der Waals surface area contributed by atoms with Crippen LogP contribution in [0.4, 0.5) is 0 Å². The Morgan fingerprint density at radius 2 is 0.453 bits per heavy atom. The van der Waals surface area contributed by atoms with Gasteiger partial charge in [0.15, 0.2) is 0 Å². The first-order chi connectivity index (χ1) is 43.8. The predicted octanol–water partition coefficient (Wildman–Crippen LogP) is 1.54. The van der Waals surface area contributed by atoms with E-state index in [-0.39, 0.29) is 11.1 Å². The van der Waals surface area contributed by atoms with Crippen LogP contribution in [0, 0.1) is 13.8 Å². The number of carbonyl (C=O) groups excluding carboxylic acids is 2. The Balaban J connectivity index is 0.000000411. The molecule has 0 radical (unpaired) electrons. The van der Waals surface area contributed by atoms with Gasteiger partial charge in [0.05, 0.1) is 113 Å². The molecule has 95 heavy (non-hydrogen) atoms. The minimum atomic E-state index is -2.52. The molecule has 0 fully saturated rings. The monoisotopic (exact) mass is 1340 g/mol. The van der Waals surface area contributed by atoms with Crippen LogP contribution in [0.15, 0.2) is 48.5 Å². The van der Waals surface area contributed by atoms with Gasteiger partial charge in [-0.25, -0.2) is 91.1 Å². The van der Waals surface area contributed by atoms with E-state index < -0.39 is 238 Å². The smallest absolute Gasteiger partial charge is 0.355 e. The van der Waals surface area contributed by atoms with Crippen molar-refractivity contribution in [2.45, 2.75) is 25.6 Å². The van der Waals surface area contributed by atoms with Crippen LogP contribution in [0.1, 0.15) is 209 Å². The Morgan fingerprint density at radius 1 is 0.295 bits per heavy atom. The van der Waals surface area contributed by atoms with Crippen molar-refractivity contribution < 1.29 is 198 Å². The molecule has 40 heteroatoms. The number of hydrogen-bond donors (Lipinski definition) is 19. The van der Waals surface area contributed by atoms with Crippen LogP contribution in [0.2, 0.25) is 0 Å². The highest BCUT2D eigenvalue weighted by atomic mass is 16.6. The molecule has 40 nitrogen and oxygen atoms in total. The molecule has 0 saturated carbocycles. The molecule has 0 spiro atoms. The SMILES string of the molecule is Cc1ccc(C(OCC(O)CO)(C(=O)OC(=O)c2c(C(=O)O)c(C(=O)O)c(C(=O)O)c(C(=O)O)c2C(=O)O)c2ccc(C)cc2)cc1.O=C(O)c1c(C(=O)O)c(C(=O)O)c(C(=O)O)c(C(=O)O)c1C(=O)O.O=C(O)c1c(C(=O)O)c(C(=O)O)c(C(=O)O)c(C(=O)O)c1C(=O)O. The van der Waals surface area contributed by atoms with Crippen LogP contribution >= 0.6 is 0 Å². The van der Waals surface area contributed by atoms with E-state index in [1.54, 1.807) is 13.8 Å². The van der Waals surface area contributed by atoms with Gasteiger partial charge in [-0.05, 0) is 25.0 Å². The number of hydrogen-bond acceptors (Lipinski definition) is 23. The number of aromatic carboxylic acids is 17. The lowest BCUT2D eigenvalue weighted by atomic mass is 9.84. The molecule has 19 N–H and O–H groups in total. The van der Waals surface area contributed by atoms with E-state index >= 15 is 0 Å². The van der Waals surface area contributed by atoms with Crippen molar-refractivity contribution >= 4 is 113 Å². The second kappa shape index (κ2) is 29.6. The molecule has 5 rings (SSSR count). The maximum Gasteiger partial charge on any atom is 0.355 e. The van der Waals surface area contributed by atoms with E-state index in [0.717, 1.165) is 0 Å². The van der Waals surface area contributed by atoms with Gasteiger partial charge in [0, 0.05) is 0 Å². The summed E-state index contributed by atoms with van der Waals surface area (Å²) < 4.78 is 10.8. The van der Waals surface area contributed by atoms with Gasteiger partial charge in [-0.15, -0.1) is 0 Å². The Hall–Kier alpha value is -13.9. The molecular weight excluding hydrogens is 1300 g/mol. The molecule has 0 aliphatic rings. The van der Waals surface area contributed by atoms with E-state index in [1.807, 2.05) is 0 Å². The summed E-state index contributed by atoms with van der Waals surface area (Å²) in [5.74, 6) is -42.8. The van der Waals surface area contributed by atoms with E-state index in [9.17, 15) is 127 Å². The zero-order chi connectivity index (χ0) is 73.2. The molecule has 0 saturated heterocycles. The van der Waals surface area contributed by atoms with Crippen LogP contribution in [0.5, 0.6) is 0 Å². The summed E-state index contributed by atoms with van der Waals surface area (Å²) in [6.45, 7) is 1.76. The van der Waals surface area contributed by atoms with Crippen LogP contribution in [-0.2, 0) is 19.9 Å². The first-order valence-electron chi connectivity index (χ1n) is 24.4. The number of carbonyl (C=O) groups is 19. The Morgan fingerprint density at radius 3 is 0.600 bits per heavy atom. The van der Waals surface area contributed by atoms with Gasteiger partial charge in [-0.3, -0.25) is 0 Å². The number of aliphatic hydroxyl groups excluding tert-OH is 2. The van der Waals surface area contributed by atoms with Crippen LogP contribution in [0.3, 0.4) is 0 Å². The third-order valence-electron chi connectivity index (χ3n) is 12.4. The molecule has 0 amide bonds. The molecular formula is C55H38O40. The third kappa shape index (κ3) is 15.1. The van der Waals surface area contributed by atoms with Gasteiger partial charge in [-0.1, -0.05) is 59.7 Å². The molecule has 0 aliphatic carbocycles. The molecule has 5 aromatic rings. The van der Waals surface area contributed by atoms with Gasteiger partial charge in [0.1, 0.15) is 6.10 Å². The summed E-state index contributed by atoms with van der Waals surface area (Å²) >= 11 is 0. The summed E-state index contributed by atoms with van der Waals surface area (Å²) in [4.78, 5) is 223. The fraction of sp³-hybridized carbons (Fsp3) is 0.109. The minimum Gasteiger partial charge on any atom is -0.478 e. The zero-order valence-electron chi connectivity index (χ0n) is 46.7. The Bertz CT molecular complexity index is 3640.